The van der Waals surface area contributed by atoms with Gasteiger partial charge in [0.2, 0.25) is 12.6 Å². The van der Waals surface area contributed by atoms with E-state index in [1.54, 1.807) is 0 Å². The van der Waals surface area contributed by atoms with E-state index in [-0.39, 0.29) is 12.8 Å². The molecule has 0 aromatic carbocycles. The maximum absolute atomic E-state index is 11.6. The van der Waals surface area contributed by atoms with Crippen LogP contribution in [-0.4, -0.2) is 51.0 Å². The van der Waals surface area contributed by atoms with Crippen LogP contribution in [0.25, 0.3) is 0 Å². The molecule has 0 bridgehead atoms. The highest BCUT2D eigenvalue weighted by molar-refractivity contribution is 5.70. The van der Waals surface area contributed by atoms with Gasteiger partial charge in [-0.3, -0.25) is 9.59 Å². The molecule has 0 N–H and O–H groups in total. The van der Waals surface area contributed by atoms with Crippen molar-refractivity contribution >= 4 is 24.2 Å². The number of methoxy groups -OCH3 is 2. The van der Waals surface area contributed by atoms with Crippen LogP contribution < -0.4 is 0 Å². The standard InChI is InChI=1S/C19H32O10/c1-14(28-18(22)24-3)26-16(20)12-10-8-6-5-7-9-11-13-17(21)27-15(2)29-19(23)25-4/h14-15H,5-13H2,1-4H3. The normalized spacial score (nSPS) is 12.3. The van der Waals surface area contributed by atoms with Crippen molar-refractivity contribution in [2.24, 2.45) is 0 Å². The highest BCUT2D eigenvalue weighted by Gasteiger charge is 2.14. The zero-order valence-electron chi connectivity index (χ0n) is 17.6. The molecule has 0 aromatic heterocycles. The summed E-state index contributed by atoms with van der Waals surface area (Å²) in [5.74, 6) is -0.851. The minimum Gasteiger partial charge on any atom is -0.438 e. The van der Waals surface area contributed by atoms with Gasteiger partial charge in [-0.25, -0.2) is 9.59 Å². The SMILES string of the molecule is COC(=O)OC(C)OC(=O)CCCCCCCCCC(=O)OC(C)OC(=O)OC. The average molecular weight is 420 g/mol. The van der Waals surface area contributed by atoms with Gasteiger partial charge in [0.15, 0.2) is 0 Å². The molecule has 0 aliphatic carbocycles. The summed E-state index contributed by atoms with van der Waals surface area (Å²) in [7, 11) is 2.34. The van der Waals surface area contributed by atoms with Crippen molar-refractivity contribution < 1.29 is 47.6 Å². The van der Waals surface area contributed by atoms with Crippen molar-refractivity contribution in [1.82, 2.24) is 0 Å². The van der Waals surface area contributed by atoms with E-state index < -0.39 is 36.8 Å². The van der Waals surface area contributed by atoms with Crippen molar-refractivity contribution in [3.63, 3.8) is 0 Å². The van der Waals surface area contributed by atoms with E-state index in [1.807, 2.05) is 0 Å². The van der Waals surface area contributed by atoms with Crippen molar-refractivity contribution in [3.05, 3.63) is 0 Å². The molecule has 2 unspecified atom stereocenters. The lowest BCUT2D eigenvalue weighted by Crippen LogP contribution is -2.21. The summed E-state index contributed by atoms with van der Waals surface area (Å²) in [5, 5.41) is 0. The van der Waals surface area contributed by atoms with Gasteiger partial charge in [0, 0.05) is 26.7 Å². The predicted octanol–water partition coefficient (Wildman–Crippen LogP) is 3.84. The van der Waals surface area contributed by atoms with Crippen molar-refractivity contribution in [1.29, 1.82) is 0 Å². The van der Waals surface area contributed by atoms with Gasteiger partial charge in [-0.2, -0.15) is 0 Å². The average Bonchev–Trinajstić information content (AvgIpc) is 2.65. The molecule has 0 amide bonds. The van der Waals surface area contributed by atoms with E-state index >= 15 is 0 Å². The molecule has 10 heteroatoms. The first-order valence-electron chi connectivity index (χ1n) is 9.66. The van der Waals surface area contributed by atoms with Crippen LogP contribution in [0.3, 0.4) is 0 Å². The highest BCUT2D eigenvalue weighted by Crippen LogP contribution is 2.11. The number of carbonyl (C=O) groups is 4. The highest BCUT2D eigenvalue weighted by atomic mass is 16.8. The van der Waals surface area contributed by atoms with Crippen molar-refractivity contribution in [2.45, 2.75) is 84.2 Å². The monoisotopic (exact) mass is 420 g/mol. The smallest absolute Gasteiger partial charge is 0.438 e. The Balaban J connectivity index is 3.55. The Bertz CT molecular complexity index is 461. The molecule has 0 fully saturated rings. The van der Waals surface area contributed by atoms with Crippen LogP contribution in [0.5, 0.6) is 0 Å². The van der Waals surface area contributed by atoms with Crippen LogP contribution in [0.1, 0.15) is 71.6 Å². The Kier molecular flexibility index (Phi) is 15.0. The predicted molar refractivity (Wildman–Crippen MR) is 99.6 cm³/mol. The molecule has 168 valence electrons. The van der Waals surface area contributed by atoms with Crippen LogP contribution in [0, 0.1) is 0 Å². The van der Waals surface area contributed by atoms with Gasteiger partial charge in [-0.1, -0.05) is 32.1 Å². The Hall–Kier alpha value is -2.52. The minimum absolute atomic E-state index is 0.256. The van der Waals surface area contributed by atoms with E-state index in [1.165, 1.54) is 28.1 Å². The Labute approximate surface area is 171 Å². The molecule has 0 saturated heterocycles. The zero-order valence-corrected chi connectivity index (χ0v) is 17.6. The van der Waals surface area contributed by atoms with Crippen LogP contribution in [-0.2, 0) is 38.0 Å². The number of carbonyl (C=O) groups excluding carboxylic acids is 4. The first-order valence-corrected chi connectivity index (χ1v) is 9.66. The second-order valence-electron chi connectivity index (χ2n) is 6.23. The molecule has 2 atom stereocenters. The molecular formula is C19H32O10. The second-order valence-corrected chi connectivity index (χ2v) is 6.23. The molecule has 0 saturated carbocycles. The van der Waals surface area contributed by atoms with Gasteiger partial charge in [-0.05, 0) is 12.8 Å². The van der Waals surface area contributed by atoms with Gasteiger partial charge < -0.3 is 28.4 Å². The van der Waals surface area contributed by atoms with Crippen molar-refractivity contribution in [3.8, 4) is 0 Å². The summed E-state index contributed by atoms with van der Waals surface area (Å²) in [4.78, 5) is 44.9. The molecule has 29 heavy (non-hydrogen) atoms. The fourth-order valence-electron chi connectivity index (χ4n) is 2.33. The third-order valence-electron chi connectivity index (χ3n) is 3.71. The molecular weight excluding hydrogens is 388 g/mol. The van der Waals surface area contributed by atoms with Crippen LogP contribution in [0.2, 0.25) is 0 Å². The molecule has 0 rings (SSSR count). The fraction of sp³-hybridized carbons (Fsp3) is 0.789. The van der Waals surface area contributed by atoms with Gasteiger partial charge in [0.1, 0.15) is 0 Å². The third-order valence-corrected chi connectivity index (χ3v) is 3.71. The first-order chi connectivity index (χ1) is 13.8. The van der Waals surface area contributed by atoms with E-state index in [0.717, 1.165) is 32.1 Å². The largest absolute Gasteiger partial charge is 0.511 e. The number of unbranched alkanes of at least 4 members (excludes halogenated alkanes) is 6. The summed E-state index contributed by atoms with van der Waals surface area (Å²) < 4.78 is 27.7. The third kappa shape index (κ3) is 16.2. The van der Waals surface area contributed by atoms with E-state index in [2.05, 4.69) is 18.9 Å². The summed E-state index contributed by atoms with van der Waals surface area (Å²) in [6.07, 6.45) is 2.83. The Morgan fingerprint density at radius 3 is 1.17 bits per heavy atom. The summed E-state index contributed by atoms with van der Waals surface area (Å²) in [5.41, 5.74) is 0. The topological polar surface area (TPSA) is 124 Å². The maximum atomic E-state index is 11.6. The van der Waals surface area contributed by atoms with Gasteiger partial charge in [0.25, 0.3) is 0 Å². The molecule has 0 spiro atoms. The number of hydrogen-bond donors (Lipinski definition) is 0. The summed E-state index contributed by atoms with van der Waals surface area (Å²) in [6.45, 7) is 2.88. The lowest BCUT2D eigenvalue weighted by Gasteiger charge is -2.13. The maximum Gasteiger partial charge on any atom is 0.511 e. The molecule has 0 heterocycles. The Morgan fingerprint density at radius 2 is 0.862 bits per heavy atom. The van der Waals surface area contributed by atoms with Crippen LogP contribution >= 0.6 is 0 Å². The molecule has 0 aliphatic rings. The Morgan fingerprint density at radius 1 is 0.552 bits per heavy atom. The quantitative estimate of drug-likeness (QED) is 0.177. The summed E-state index contributed by atoms with van der Waals surface area (Å²) >= 11 is 0. The number of hydrogen-bond acceptors (Lipinski definition) is 10. The van der Waals surface area contributed by atoms with Crippen LogP contribution in [0.15, 0.2) is 0 Å². The zero-order chi connectivity index (χ0) is 22.1. The second kappa shape index (κ2) is 16.4. The number of ether oxygens (including phenoxy) is 6. The van der Waals surface area contributed by atoms with E-state index in [4.69, 9.17) is 9.47 Å². The van der Waals surface area contributed by atoms with Gasteiger partial charge in [0.05, 0.1) is 14.2 Å². The number of esters is 2. The van der Waals surface area contributed by atoms with E-state index in [9.17, 15) is 19.2 Å². The first kappa shape index (κ1) is 26.5. The lowest BCUT2D eigenvalue weighted by atomic mass is 10.1. The van der Waals surface area contributed by atoms with E-state index in [0.29, 0.717) is 12.8 Å². The van der Waals surface area contributed by atoms with Crippen LogP contribution in [0.4, 0.5) is 9.59 Å². The molecule has 0 aromatic rings. The number of rotatable bonds is 14. The van der Waals surface area contributed by atoms with Gasteiger partial charge in [-0.15, -0.1) is 0 Å². The fourth-order valence-corrected chi connectivity index (χ4v) is 2.33. The molecule has 0 radical (unpaired) electrons. The van der Waals surface area contributed by atoms with Crippen molar-refractivity contribution in [2.75, 3.05) is 14.2 Å². The lowest BCUT2D eigenvalue weighted by molar-refractivity contribution is -0.169. The molecule has 10 nitrogen and oxygen atoms in total. The minimum atomic E-state index is -0.975. The van der Waals surface area contributed by atoms with Gasteiger partial charge >= 0.3 is 24.2 Å². The molecule has 0 aliphatic heterocycles. The summed E-state index contributed by atoms with van der Waals surface area (Å²) in [6, 6.07) is 0.